The standard InChI is InChI=1S/C12H18O.C11H16O.C10H14O/c1-11(2)13-10-6-9-12-7-4-3-5-8-12;1-10(2)12-9-8-11-6-4-3-5-7-11;1-9(2)11-8-10-6-4-3-5-7-10/h3-5,7-8,11H,6,9-10H2,1-2H3;3-7,10H,8-9H2,1-2H3;3-7,9H,8H2,1-2H3. The minimum Gasteiger partial charge on any atom is -0.379 e. The summed E-state index contributed by atoms with van der Waals surface area (Å²) in [6, 6.07) is 31.2. The van der Waals surface area contributed by atoms with Crippen molar-refractivity contribution in [3.63, 3.8) is 0 Å². The maximum atomic E-state index is 5.46. The molecular weight excluding hydrogens is 444 g/mol. The fraction of sp³-hybridized carbons (Fsp3) is 0.455. The maximum absolute atomic E-state index is 5.46. The summed E-state index contributed by atoms with van der Waals surface area (Å²) in [4.78, 5) is 0. The highest BCUT2D eigenvalue weighted by Gasteiger charge is 1.96. The third kappa shape index (κ3) is 18.8. The number of hydrogen-bond acceptors (Lipinski definition) is 3. The van der Waals surface area contributed by atoms with Gasteiger partial charge >= 0.3 is 0 Å². The summed E-state index contributed by atoms with van der Waals surface area (Å²) >= 11 is 0. The van der Waals surface area contributed by atoms with Crippen molar-refractivity contribution in [3.8, 4) is 0 Å². The molecular formula is C33H48O3. The van der Waals surface area contributed by atoms with Crippen LogP contribution in [0.2, 0.25) is 0 Å². The molecule has 36 heavy (non-hydrogen) atoms. The highest BCUT2D eigenvalue weighted by atomic mass is 16.5. The zero-order chi connectivity index (χ0) is 26.4. The lowest BCUT2D eigenvalue weighted by molar-refractivity contribution is 0.0657. The largest absolute Gasteiger partial charge is 0.379 e. The minimum absolute atomic E-state index is 0.315. The van der Waals surface area contributed by atoms with Crippen LogP contribution in [-0.2, 0) is 33.7 Å². The van der Waals surface area contributed by atoms with E-state index in [9.17, 15) is 0 Å². The molecule has 0 N–H and O–H groups in total. The molecule has 0 bridgehead atoms. The van der Waals surface area contributed by atoms with E-state index in [-0.39, 0.29) is 0 Å². The molecule has 0 fully saturated rings. The average Bonchev–Trinajstić information content (AvgIpc) is 2.88. The molecule has 0 spiro atoms. The Morgan fingerprint density at radius 2 is 0.833 bits per heavy atom. The molecule has 0 heterocycles. The fourth-order valence-corrected chi connectivity index (χ4v) is 3.13. The first kappa shape index (κ1) is 31.6. The van der Waals surface area contributed by atoms with E-state index in [1.165, 1.54) is 16.7 Å². The summed E-state index contributed by atoms with van der Waals surface area (Å²) < 4.78 is 16.3. The number of hydrogen-bond donors (Lipinski definition) is 0. The molecule has 0 atom stereocenters. The average molecular weight is 493 g/mol. The van der Waals surface area contributed by atoms with E-state index in [0.717, 1.165) is 39.1 Å². The molecule has 3 aromatic carbocycles. The van der Waals surface area contributed by atoms with Gasteiger partial charge in [-0.3, -0.25) is 0 Å². The Labute approximate surface area is 220 Å². The summed E-state index contributed by atoms with van der Waals surface area (Å²) in [5.41, 5.74) is 3.98. The number of aryl methyl sites for hydroxylation is 1. The quantitative estimate of drug-likeness (QED) is 0.238. The van der Waals surface area contributed by atoms with Gasteiger partial charge in [-0.1, -0.05) is 91.0 Å². The molecule has 0 aliphatic rings. The van der Waals surface area contributed by atoms with Crippen LogP contribution in [0.4, 0.5) is 0 Å². The van der Waals surface area contributed by atoms with Crippen LogP contribution in [0, 0.1) is 0 Å². The van der Waals surface area contributed by atoms with Crippen LogP contribution >= 0.6 is 0 Å². The van der Waals surface area contributed by atoms with Crippen LogP contribution in [0.3, 0.4) is 0 Å². The number of benzene rings is 3. The predicted molar refractivity (Wildman–Crippen MR) is 153 cm³/mol. The SMILES string of the molecule is CC(C)OCCCc1ccccc1.CC(C)OCCc1ccccc1.CC(C)OCc1ccccc1. The Morgan fingerprint density at radius 1 is 0.444 bits per heavy atom. The summed E-state index contributed by atoms with van der Waals surface area (Å²) in [5, 5.41) is 0. The Balaban J connectivity index is 0.000000271. The van der Waals surface area contributed by atoms with Gasteiger partial charge in [0.15, 0.2) is 0 Å². The molecule has 3 heteroatoms. The topological polar surface area (TPSA) is 27.7 Å². The molecule has 3 nitrogen and oxygen atoms in total. The second kappa shape index (κ2) is 20.7. The van der Waals surface area contributed by atoms with E-state index in [1.807, 2.05) is 44.2 Å². The van der Waals surface area contributed by atoms with Crippen LogP contribution in [0.5, 0.6) is 0 Å². The lowest BCUT2D eigenvalue weighted by Crippen LogP contribution is -2.05. The van der Waals surface area contributed by atoms with E-state index >= 15 is 0 Å². The van der Waals surface area contributed by atoms with Crippen molar-refractivity contribution in [2.75, 3.05) is 13.2 Å². The van der Waals surface area contributed by atoms with Gasteiger partial charge in [0, 0.05) is 6.61 Å². The van der Waals surface area contributed by atoms with E-state index in [1.54, 1.807) is 0 Å². The van der Waals surface area contributed by atoms with Crippen molar-refractivity contribution >= 4 is 0 Å². The van der Waals surface area contributed by atoms with Crippen molar-refractivity contribution in [1.29, 1.82) is 0 Å². The van der Waals surface area contributed by atoms with E-state index in [2.05, 4.69) is 88.4 Å². The molecule has 3 aromatic rings. The van der Waals surface area contributed by atoms with Crippen LogP contribution in [0.1, 0.15) is 64.7 Å². The lowest BCUT2D eigenvalue weighted by Gasteiger charge is -2.06. The maximum Gasteiger partial charge on any atom is 0.0720 e. The summed E-state index contributed by atoms with van der Waals surface area (Å²) in [5.74, 6) is 0. The Kier molecular flexibility index (Phi) is 18.2. The van der Waals surface area contributed by atoms with E-state index in [0.29, 0.717) is 18.3 Å². The van der Waals surface area contributed by atoms with Crippen molar-refractivity contribution in [1.82, 2.24) is 0 Å². The Bertz CT molecular complexity index is 846. The second-order valence-corrected chi connectivity index (χ2v) is 9.51. The first-order valence-corrected chi connectivity index (χ1v) is 13.3. The first-order chi connectivity index (χ1) is 17.4. The molecule has 0 unspecified atom stereocenters. The van der Waals surface area contributed by atoms with Gasteiger partial charge < -0.3 is 14.2 Å². The highest BCUT2D eigenvalue weighted by molar-refractivity contribution is 5.15. The van der Waals surface area contributed by atoms with Crippen molar-refractivity contribution in [3.05, 3.63) is 108 Å². The van der Waals surface area contributed by atoms with E-state index in [4.69, 9.17) is 14.2 Å². The van der Waals surface area contributed by atoms with Crippen LogP contribution in [-0.4, -0.2) is 31.5 Å². The van der Waals surface area contributed by atoms with Gasteiger partial charge in [0.05, 0.1) is 31.5 Å². The smallest absolute Gasteiger partial charge is 0.0720 e. The van der Waals surface area contributed by atoms with Gasteiger partial charge in [0.25, 0.3) is 0 Å². The van der Waals surface area contributed by atoms with Crippen LogP contribution < -0.4 is 0 Å². The lowest BCUT2D eigenvalue weighted by atomic mass is 10.1. The molecule has 0 amide bonds. The van der Waals surface area contributed by atoms with Gasteiger partial charge in [-0.2, -0.15) is 0 Å². The molecule has 0 aromatic heterocycles. The Hall–Kier alpha value is -2.46. The molecule has 3 rings (SSSR count). The van der Waals surface area contributed by atoms with Crippen molar-refractivity contribution < 1.29 is 14.2 Å². The molecule has 0 radical (unpaired) electrons. The first-order valence-electron chi connectivity index (χ1n) is 13.3. The van der Waals surface area contributed by atoms with Gasteiger partial charge in [-0.15, -0.1) is 0 Å². The van der Waals surface area contributed by atoms with Crippen molar-refractivity contribution in [2.45, 2.75) is 85.7 Å². The van der Waals surface area contributed by atoms with E-state index < -0.39 is 0 Å². The summed E-state index contributed by atoms with van der Waals surface area (Å²) in [6.07, 6.45) is 4.26. The summed E-state index contributed by atoms with van der Waals surface area (Å²) in [7, 11) is 0. The monoisotopic (exact) mass is 492 g/mol. The van der Waals surface area contributed by atoms with Gasteiger partial charge in [-0.25, -0.2) is 0 Å². The van der Waals surface area contributed by atoms with Gasteiger partial charge in [0.1, 0.15) is 0 Å². The second-order valence-electron chi connectivity index (χ2n) is 9.51. The predicted octanol–water partition coefficient (Wildman–Crippen LogP) is 8.31. The fourth-order valence-electron chi connectivity index (χ4n) is 3.13. The van der Waals surface area contributed by atoms with Gasteiger partial charge in [-0.05, 0) is 77.5 Å². The molecule has 0 saturated carbocycles. The van der Waals surface area contributed by atoms with Gasteiger partial charge in [0.2, 0.25) is 0 Å². The zero-order valence-electron chi connectivity index (χ0n) is 23.4. The number of rotatable bonds is 12. The highest BCUT2D eigenvalue weighted by Crippen LogP contribution is 2.04. The molecule has 0 aliphatic heterocycles. The van der Waals surface area contributed by atoms with Crippen LogP contribution in [0.15, 0.2) is 91.0 Å². The van der Waals surface area contributed by atoms with Crippen LogP contribution in [0.25, 0.3) is 0 Å². The Morgan fingerprint density at radius 3 is 1.28 bits per heavy atom. The van der Waals surface area contributed by atoms with Crippen molar-refractivity contribution in [2.24, 2.45) is 0 Å². The third-order valence-electron chi connectivity index (χ3n) is 5.01. The minimum atomic E-state index is 0.315. The third-order valence-corrected chi connectivity index (χ3v) is 5.01. The molecule has 198 valence electrons. The molecule has 0 aliphatic carbocycles. The zero-order valence-corrected chi connectivity index (χ0v) is 23.4. The number of ether oxygens (including phenoxy) is 3. The summed E-state index contributed by atoms with van der Waals surface area (Å²) in [6.45, 7) is 14.8. The molecule has 0 saturated heterocycles. The normalized spacial score (nSPS) is 10.6.